The molecule has 0 aromatic heterocycles. The van der Waals surface area contributed by atoms with Gasteiger partial charge >= 0.3 is 5.97 Å². The molecule has 0 aliphatic rings. The number of unbranched alkanes of at least 4 members (excludes halogenated alkanes) is 1. The van der Waals surface area contributed by atoms with E-state index in [4.69, 9.17) is 5.11 Å². The smallest absolute Gasteiger partial charge is 0.303 e. The van der Waals surface area contributed by atoms with Gasteiger partial charge in [-0.05, 0) is 32.1 Å². The van der Waals surface area contributed by atoms with Gasteiger partial charge in [-0.25, -0.2) is 19.6 Å². The fourth-order valence-electron chi connectivity index (χ4n) is 1.45. The van der Waals surface area contributed by atoms with E-state index in [0.717, 1.165) is 12.8 Å². The summed E-state index contributed by atoms with van der Waals surface area (Å²) in [5.41, 5.74) is 0. The Morgan fingerprint density at radius 1 is 1.12 bits per heavy atom. The van der Waals surface area contributed by atoms with Gasteiger partial charge in [0.05, 0.1) is 12.6 Å². The summed E-state index contributed by atoms with van der Waals surface area (Å²) in [7, 11) is 0. The van der Waals surface area contributed by atoms with Crippen LogP contribution in [0, 0.1) is 0 Å². The molecule has 0 amide bonds. The molecule has 0 aliphatic heterocycles. The molecule has 0 fully saturated rings. The van der Waals surface area contributed by atoms with Gasteiger partial charge < -0.3 is 5.11 Å². The van der Waals surface area contributed by atoms with Crippen LogP contribution >= 0.6 is 0 Å². The summed E-state index contributed by atoms with van der Waals surface area (Å²) in [6.07, 6.45) is 6.31. The van der Waals surface area contributed by atoms with Crippen molar-refractivity contribution in [2.24, 2.45) is 9.98 Å². The molecule has 0 aliphatic carbocycles. The molecule has 1 unspecified atom stereocenters. The Morgan fingerprint density at radius 3 is 2.41 bits per heavy atom. The van der Waals surface area contributed by atoms with E-state index < -0.39 is 5.97 Å². The molecular formula is C11H16N2O4. The van der Waals surface area contributed by atoms with Crippen LogP contribution < -0.4 is 0 Å². The van der Waals surface area contributed by atoms with Gasteiger partial charge in [-0.3, -0.25) is 4.79 Å². The molecule has 0 saturated heterocycles. The minimum absolute atomic E-state index is 0.0836. The van der Waals surface area contributed by atoms with Crippen molar-refractivity contribution in [3.8, 4) is 0 Å². The number of rotatable bonds is 10. The zero-order valence-electron chi connectivity index (χ0n) is 9.59. The Labute approximate surface area is 99.5 Å². The zero-order chi connectivity index (χ0) is 12.9. The predicted molar refractivity (Wildman–Crippen MR) is 60.2 cm³/mol. The molecule has 1 atom stereocenters. The summed E-state index contributed by atoms with van der Waals surface area (Å²) < 4.78 is 0. The van der Waals surface area contributed by atoms with Crippen molar-refractivity contribution in [3.63, 3.8) is 0 Å². The number of carboxylic acid groups (broad SMARTS) is 1. The molecule has 0 radical (unpaired) electrons. The third kappa shape index (κ3) is 10.5. The average Bonchev–Trinajstić information content (AvgIpc) is 2.28. The number of hydrogen-bond donors (Lipinski definition) is 1. The van der Waals surface area contributed by atoms with E-state index in [1.54, 1.807) is 0 Å². The molecule has 17 heavy (non-hydrogen) atoms. The first kappa shape index (κ1) is 15.2. The maximum Gasteiger partial charge on any atom is 0.303 e. The summed E-state index contributed by atoms with van der Waals surface area (Å²) in [5.74, 6) is -0.848. The highest BCUT2D eigenvalue weighted by Crippen LogP contribution is 2.12. The van der Waals surface area contributed by atoms with Gasteiger partial charge in [-0.15, -0.1) is 0 Å². The number of hydrogen-bond acceptors (Lipinski definition) is 5. The SMILES string of the molecule is O=C=NCCCCC(CCCC(=O)O)N=C=O. The van der Waals surface area contributed by atoms with Gasteiger partial charge in [0.2, 0.25) is 12.2 Å². The lowest BCUT2D eigenvalue weighted by molar-refractivity contribution is -0.137. The van der Waals surface area contributed by atoms with Crippen molar-refractivity contribution in [2.75, 3.05) is 6.54 Å². The van der Waals surface area contributed by atoms with Crippen molar-refractivity contribution in [3.05, 3.63) is 0 Å². The van der Waals surface area contributed by atoms with Gasteiger partial charge in [0.25, 0.3) is 0 Å². The predicted octanol–water partition coefficient (Wildman–Crippen LogP) is 1.45. The quantitative estimate of drug-likeness (QED) is 0.355. The van der Waals surface area contributed by atoms with Gasteiger partial charge in [-0.2, -0.15) is 0 Å². The van der Waals surface area contributed by atoms with Gasteiger partial charge in [0.1, 0.15) is 0 Å². The van der Waals surface area contributed by atoms with E-state index >= 15 is 0 Å². The first-order valence-electron chi connectivity index (χ1n) is 5.53. The summed E-state index contributed by atoms with van der Waals surface area (Å²) in [5, 5.41) is 8.47. The number of aliphatic imine (C=N–C) groups is 2. The third-order valence-corrected chi connectivity index (χ3v) is 2.29. The van der Waals surface area contributed by atoms with Crippen molar-refractivity contribution in [1.82, 2.24) is 0 Å². The number of carbonyl (C=O) groups excluding carboxylic acids is 2. The van der Waals surface area contributed by atoms with Crippen LogP contribution in [0.4, 0.5) is 0 Å². The summed E-state index contributed by atoms with van der Waals surface area (Å²) in [4.78, 5) is 37.3. The number of isocyanates is 2. The van der Waals surface area contributed by atoms with Gasteiger partial charge in [-0.1, -0.05) is 0 Å². The largest absolute Gasteiger partial charge is 0.481 e. The maximum atomic E-state index is 10.3. The maximum absolute atomic E-state index is 10.3. The minimum atomic E-state index is -0.848. The highest BCUT2D eigenvalue weighted by Gasteiger charge is 2.07. The molecule has 1 N–H and O–H groups in total. The van der Waals surface area contributed by atoms with Crippen molar-refractivity contribution >= 4 is 18.1 Å². The number of aliphatic carboxylic acids is 1. The molecule has 6 heteroatoms. The highest BCUT2D eigenvalue weighted by molar-refractivity contribution is 5.66. The van der Waals surface area contributed by atoms with Crippen LogP contribution in [-0.4, -0.2) is 35.8 Å². The standard InChI is InChI=1S/C11H16N2O4/c14-8-12-7-2-1-4-10(13-9-15)5-3-6-11(16)17/h10H,1-7H2,(H,16,17). The van der Waals surface area contributed by atoms with E-state index in [2.05, 4.69) is 9.98 Å². The van der Waals surface area contributed by atoms with Crippen LogP contribution in [0.3, 0.4) is 0 Å². The van der Waals surface area contributed by atoms with E-state index in [1.807, 2.05) is 0 Å². The fourth-order valence-corrected chi connectivity index (χ4v) is 1.45. The lowest BCUT2D eigenvalue weighted by atomic mass is 10.0. The van der Waals surface area contributed by atoms with Crippen LogP contribution in [0.1, 0.15) is 38.5 Å². The normalized spacial score (nSPS) is 11.1. The van der Waals surface area contributed by atoms with Crippen LogP contribution in [-0.2, 0) is 14.4 Å². The number of carboxylic acids is 1. The Morgan fingerprint density at radius 2 is 1.82 bits per heavy atom. The van der Waals surface area contributed by atoms with Crippen molar-refractivity contribution in [1.29, 1.82) is 0 Å². The van der Waals surface area contributed by atoms with Gasteiger partial charge in [0, 0.05) is 6.42 Å². The Balaban J connectivity index is 3.77. The zero-order valence-corrected chi connectivity index (χ0v) is 9.59. The molecule has 6 nitrogen and oxygen atoms in total. The summed E-state index contributed by atoms with van der Waals surface area (Å²) >= 11 is 0. The average molecular weight is 240 g/mol. The molecular weight excluding hydrogens is 224 g/mol. The Hall–Kier alpha value is -1.77. The van der Waals surface area contributed by atoms with Gasteiger partial charge in [0.15, 0.2) is 0 Å². The van der Waals surface area contributed by atoms with E-state index in [0.29, 0.717) is 25.8 Å². The van der Waals surface area contributed by atoms with Crippen molar-refractivity contribution in [2.45, 2.75) is 44.6 Å². The lowest BCUT2D eigenvalue weighted by Crippen LogP contribution is -2.06. The van der Waals surface area contributed by atoms with Crippen LogP contribution in [0.2, 0.25) is 0 Å². The van der Waals surface area contributed by atoms with Crippen LogP contribution in [0.15, 0.2) is 9.98 Å². The molecule has 94 valence electrons. The third-order valence-electron chi connectivity index (χ3n) is 2.29. The molecule has 0 aromatic carbocycles. The topological polar surface area (TPSA) is 96.2 Å². The highest BCUT2D eigenvalue weighted by atomic mass is 16.4. The second kappa shape index (κ2) is 10.7. The molecule has 0 rings (SSSR count). The Kier molecular flexibility index (Phi) is 9.62. The molecule has 0 spiro atoms. The summed E-state index contributed by atoms with van der Waals surface area (Å²) in [6, 6.07) is -0.174. The number of carbonyl (C=O) groups is 1. The summed E-state index contributed by atoms with van der Waals surface area (Å²) in [6.45, 7) is 0.427. The van der Waals surface area contributed by atoms with E-state index in [-0.39, 0.29) is 12.5 Å². The minimum Gasteiger partial charge on any atom is -0.481 e. The second-order valence-electron chi connectivity index (χ2n) is 3.63. The fraction of sp³-hybridized carbons (Fsp3) is 0.727. The molecule has 0 aromatic rings. The molecule has 0 saturated carbocycles. The van der Waals surface area contributed by atoms with Crippen LogP contribution in [0.5, 0.6) is 0 Å². The first-order chi connectivity index (χ1) is 8.20. The van der Waals surface area contributed by atoms with E-state index in [9.17, 15) is 14.4 Å². The number of nitrogens with zero attached hydrogens (tertiary/aromatic N) is 2. The van der Waals surface area contributed by atoms with Crippen LogP contribution in [0.25, 0.3) is 0 Å². The monoisotopic (exact) mass is 240 g/mol. The first-order valence-corrected chi connectivity index (χ1v) is 5.53. The molecule has 0 bridgehead atoms. The van der Waals surface area contributed by atoms with Crippen molar-refractivity contribution < 1.29 is 19.5 Å². The Bertz CT molecular complexity index is 317. The van der Waals surface area contributed by atoms with E-state index in [1.165, 1.54) is 12.2 Å². The molecule has 0 heterocycles. The lowest BCUT2D eigenvalue weighted by Gasteiger charge is -2.08. The second-order valence-corrected chi connectivity index (χ2v) is 3.63.